The van der Waals surface area contributed by atoms with Gasteiger partial charge in [0.15, 0.2) is 0 Å². The van der Waals surface area contributed by atoms with Crippen molar-refractivity contribution in [1.29, 1.82) is 0 Å². The lowest BCUT2D eigenvalue weighted by Gasteiger charge is -2.32. The molecule has 112 valence electrons. The average molecular weight is 300 g/mol. The van der Waals surface area contributed by atoms with Crippen molar-refractivity contribution in [3.63, 3.8) is 0 Å². The number of likely N-dealkylation sites (N-methyl/N-ethyl adjacent to an activating group) is 1. The van der Waals surface area contributed by atoms with E-state index < -0.39 is 0 Å². The average Bonchev–Trinajstić information content (AvgIpc) is 2.42. The number of rotatable bonds is 6. The summed E-state index contributed by atoms with van der Waals surface area (Å²) in [6.07, 6.45) is 1.10. The van der Waals surface area contributed by atoms with Crippen molar-refractivity contribution in [1.82, 2.24) is 15.1 Å². The third kappa shape index (κ3) is 5.02. The summed E-state index contributed by atoms with van der Waals surface area (Å²) in [5, 5.41) is 3.74. The maximum Gasteiger partial charge on any atom is 0.129 e. The van der Waals surface area contributed by atoms with E-state index in [2.05, 4.69) is 22.2 Å². The molecule has 0 spiro atoms. The van der Waals surface area contributed by atoms with E-state index in [0.29, 0.717) is 17.1 Å². The highest BCUT2D eigenvalue weighted by molar-refractivity contribution is 6.30. The first-order valence-electron chi connectivity index (χ1n) is 7.21. The molecule has 1 N–H and O–H groups in total. The summed E-state index contributed by atoms with van der Waals surface area (Å²) in [6.45, 7) is 7.21. The molecule has 1 heterocycles. The molecular formula is C15H23ClFN3. The van der Waals surface area contributed by atoms with Crippen molar-refractivity contribution in [2.45, 2.75) is 13.0 Å². The van der Waals surface area contributed by atoms with Crippen LogP contribution in [-0.4, -0.2) is 56.1 Å². The van der Waals surface area contributed by atoms with Gasteiger partial charge in [0.05, 0.1) is 0 Å². The van der Waals surface area contributed by atoms with E-state index in [1.807, 2.05) is 0 Å². The van der Waals surface area contributed by atoms with Crippen LogP contribution in [0.15, 0.2) is 18.2 Å². The highest BCUT2D eigenvalue weighted by Crippen LogP contribution is 2.14. The van der Waals surface area contributed by atoms with Crippen molar-refractivity contribution in [2.75, 3.05) is 46.3 Å². The van der Waals surface area contributed by atoms with E-state index in [4.69, 9.17) is 11.6 Å². The third-order valence-corrected chi connectivity index (χ3v) is 3.99. The second-order valence-electron chi connectivity index (χ2n) is 5.41. The van der Waals surface area contributed by atoms with Crippen LogP contribution < -0.4 is 5.32 Å². The van der Waals surface area contributed by atoms with Gasteiger partial charge in [0.25, 0.3) is 0 Å². The monoisotopic (exact) mass is 299 g/mol. The van der Waals surface area contributed by atoms with Crippen LogP contribution in [0.2, 0.25) is 5.02 Å². The molecule has 1 saturated heterocycles. The van der Waals surface area contributed by atoms with E-state index in [-0.39, 0.29) is 5.82 Å². The summed E-state index contributed by atoms with van der Waals surface area (Å²) in [4.78, 5) is 4.85. The molecule has 0 aliphatic carbocycles. The van der Waals surface area contributed by atoms with Crippen molar-refractivity contribution in [3.8, 4) is 0 Å². The minimum Gasteiger partial charge on any atom is -0.313 e. The lowest BCUT2D eigenvalue weighted by Crippen LogP contribution is -2.45. The molecule has 5 heteroatoms. The molecular weight excluding hydrogens is 277 g/mol. The Hall–Kier alpha value is -0.680. The van der Waals surface area contributed by atoms with E-state index >= 15 is 0 Å². The van der Waals surface area contributed by atoms with Crippen LogP contribution >= 0.6 is 11.6 Å². The maximum atomic E-state index is 13.5. The van der Waals surface area contributed by atoms with Gasteiger partial charge in [-0.05, 0) is 38.7 Å². The summed E-state index contributed by atoms with van der Waals surface area (Å²) >= 11 is 5.73. The summed E-state index contributed by atoms with van der Waals surface area (Å²) in [6, 6.07) is 4.83. The lowest BCUT2D eigenvalue weighted by atomic mass is 10.2. The van der Waals surface area contributed by atoms with E-state index in [0.717, 1.165) is 45.7 Å². The third-order valence-electron chi connectivity index (χ3n) is 3.75. The van der Waals surface area contributed by atoms with Gasteiger partial charge in [0, 0.05) is 43.3 Å². The lowest BCUT2D eigenvalue weighted by molar-refractivity contribution is 0.152. The normalized spacial score (nSPS) is 17.6. The quantitative estimate of drug-likeness (QED) is 0.813. The van der Waals surface area contributed by atoms with Gasteiger partial charge >= 0.3 is 0 Å². The summed E-state index contributed by atoms with van der Waals surface area (Å²) < 4.78 is 13.5. The molecule has 0 amide bonds. The molecule has 1 aromatic rings. The van der Waals surface area contributed by atoms with Gasteiger partial charge in [-0.3, -0.25) is 0 Å². The minimum absolute atomic E-state index is 0.232. The van der Waals surface area contributed by atoms with E-state index in [1.54, 1.807) is 12.1 Å². The summed E-state index contributed by atoms with van der Waals surface area (Å²) in [7, 11) is 2.17. The first kappa shape index (κ1) is 15.7. The predicted octanol–water partition coefficient (Wildman–Crippen LogP) is 2.21. The van der Waals surface area contributed by atoms with Gasteiger partial charge < -0.3 is 15.1 Å². The van der Waals surface area contributed by atoms with Crippen LogP contribution in [0.5, 0.6) is 0 Å². The van der Waals surface area contributed by atoms with Gasteiger partial charge in [-0.15, -0.1) is 0 Å². The molecule has 1 aliphatic heterocycles. The highest BCUT2D eigenvalue weighted by Gasteiger charge is 2.12. The first-order chi connectivity index (χ1) is 9.65. The van der Waals surface area contributed by atoms with Gasteiger partial charge in [-0.1, -0.05) is 17.7 Å². The molecule has 0 bridgehead atoms. The van der Waals surface area contributed by atoms with Crippen molar-refractivity contribution in [2.24, 2.45) is 0 Å². The number of halogens is 2. The number of benzene rings is 1. The molecule has 3 nitrogen and oxygen atoms in total. The van der Waals surface area contributed by atoms with Crippen molar-refractivity contribution >= 4 is 11.6 Å². The standard InChI is InChI=1S/C15H23ClFN3/c1-19-7-9-20(10-8-19)6-2-5-18-12-13-3-4-14(16)11-15(13)17/h3-4,11,18H,2,5-10,12H2,1H3. The molecule has 0 aromatic heterocycles. The van der Waals surface area contributed by atoms with Gasteiger partial charge in [-0.25, -0.2) is 4.39 Å². The molecule has 1 aliphatic rings. The molecule has 1 fully saturated rings. The topological polar surface area (TPSA) is 18.5 Å². The molecule has 0 atom stereocenters. The Morgan fingerprint density at radius 2 is 2.00 bits per heavy atom. The second-order valence-corrected chi connectivity index (χ2v) is 5.85. The van der Waals surface area contributed by atoms with E-state index in [9.17, 15) is 4.39 Å². The number of hydrogen-bond acceptors (Lipinski definition) is 3. The molecule has 0 unspecified atom stereocenters. The Morgan fingerprint density at radius 3 is 2.70 bits per heavy atom. The second kappa shape index (κ2) is 7.93. The Labute approximate surface area is 125 Å². The van der Waals surface area contributed by atoms with Crippen molar-refractivity contribution < 1.29 is 4.39 Å². The Balaban J connectivity index is 1.59. The smallest absolute Gasteiger partial charge is 0.129 e. The fraction of sp³-hybridized carbons (Fsp3) is 0.600. The van der Waals surface area contributed by atoms with Crippen molar-refractivity contribution in [3.05, 3.63) is 34.6 Å². The van der Waals surface area contributed by atoms with Gasteiger partial charge in [-0.2, -0.15) is 0 Å². The summed E-state index contributed by atoms with van der Waals surface area (Å²) in [5.74, 6) is -0.232. The fourth-order valence-electron chi connectivity index (χ4n) is 2.39. The fourth-order valence-corrected chi connectivity index (χ4v) is 2.55. The zero-order valence-electron chi connectivity index (χ0n) is 12.0. The molecule has 1 aromatic carbocycles. The largest absolute Gasteiger partial charge is 0.313 e. The van der Waals surface area contributed by atoms with Crippen LogP contribution in [0.25, 0.3) is 0 Å². The van der Waals surface area contributed by atoms with Crippen LogP contribution in [0, 0.1) is 5.82 Å². The Bertz CT molecular complexity index is 420. The molecule has 20 heavy (non-hydrogen) atoms. The van der Waals surface area contributed by atoms with Crippen LogP contribution in [0.3, 0.4) is 0 Å². The zero-order valence-corrected chi connectivity index (χ0v) is 12.8. The maximum absolute atomic E-state index is 13.5. The molecule has 0 saturated carbocycles. The van der Waals surface area contributed by atoms with Crippen LogP contribution in [-0.2, 0) is 6.54 Å². The number of piperazine rings is 1. The predicted molar refractivity (Wildman–Crippen MR) is 81.7 cm³/mol. The number of hydrogen-bond donors (Lipinski definition) is 1. The zero-order chi connectivity index (χ0) is 14.4. The Kier molecular flexibility index (Phi) is 6.23. The van der Waals surface area contributed by atoms with Gasteiger partial charge in [0.2, 0.25) is 0 Å². The first-order valence-corrected chi connectivity index (χ1v) is 7.58. The highest BCUT2D eigenvalue weighted by atomic mass is 35.5. The molecule has 0 radical (unpaired) electrons. The number of nitrogens with one attached hydrogen (secondary N) is 1. The number of nitrogens with zero attached hydrogens (tertiary/aromatic N) is 2. The Morgan fingerprint density at radius 1 is 1.25 bits per heavy atom. The van der Waals surface area contributed by atoms with Gasteiger partial charge in [0.1, 0.15) is 5.82 Å². The summed E-state index contributed by atoms with van der Waals surface area (Å²) in [5.41, 5.74) is 0.675. The SMILES string of the molecule is CN1CCN(CCCNCc2ccc(Cl)cc2F)CC1. The molecule has 2 rings (SSSR count). The van der Waals surface area contributed by atoms with E-state index in [1.165, 1.54) is 6.07 Å². The van der Waals surface area contributed by atoms with Crippen LogP contribution in [0.1, 0.15) is 12.0 Å². The van der Waals surface area contributed by atoms with Crippen LogP contribution in [0.4, 0.5) is 4.39 Å². The minimum atomic E-state index is -0.232.